The third-order valence-corrected chi connectivity index (χ3v) is 4.28. The van der Waals surface area contributed by atoms with E-state index in [4.69, 9.17) is 0 Å². The molecular weight excluding hydrogens is 172 g/mol. The van der Waals surface area contributed by atoms with Crippen molar-refractivity contribution >= 4 is 5.78 Å². The summed E-state index contributed by atoms with van der Waals surface area (Å²) in [6.07, 6.45) is 9.94. The van der Waals surface area contributed by atoms with Gasteiger partial charge in [0.2, 0.25) is 0 Å². The molecule has 0 N–H and O–H groups in total. The van der Waals surface area contributed by atoms with Gasteiger partial charge in [-0.05, 0) is 30.6 Å². The molecule has 0 amide bonds. The van der Waals surface area contributed by atoms with Crippen molar-refractivity contribution in [2.75, 3.05) is 0 Å². The minimum Gasteiger partial charge on any atom is -0.300 e. The van der Waals surface area contributed by atoms with E-state index >= 15 is 0 Å². The summed E-state index contributed by atoms with van der Waals surface area (Å²) >= 11 is 0. The average molecular weight is 194 g/mol. The highest BCUT2D eigenvalue weighted by Crippen LogP contribution is 2.37. The summed E-state index contributed by atoms with van der Waals surface area (Å²) in [6.45, 7) is 2.34. The maximum absolute atomic E-state index is 11.4. The van der Waals surface area contributed by atoms with Crippen molar-refractivity contribution in [3.8, 4) is 0 Å². The van der Waals surface area contributed by atoms with Crippen LogP contribution in [0, 0.1) is 17.8 Å². The van der Waals surface area contributed by atoms with Gasteiger partial charge >= 0.3 is 0 Å². The first-order chi connectivity index (χ1) is 6.75. The van der Waals surface area contributed by atoms with Gasteiger partial charge in [0, 0.05) is 12.8 Å². The van der Waals surface area contributed by atoms with Gasteiger partial charge in [-0.1, -0.05) is 32.6 Å². The molecule has 0 aromatic carbocycles. The highest BCUT2D eigenvalue weighted by atomic mass is 16.1. The van der Waals surface area contributed by atoms with Crippen molar-refractivity contribution in [3.05, 3.63) is 0 Å². The normalized spacial score (nSPS) is 35.1. The molecule has 0 spiro atoms. The highest BCUT2D eigenvalue weighted by Gasteiger charge is 2.29. The SMILES string of the molecule is CC1CCC(=O)CC1CC1CCCC1. The van der Waals surface area contributed by atoms with Gasteiger partial charge in [0.15, 0.2) is 0 Å². The van der Waals surface area contributed by atoms with Crippen molar-refractivity contribution < 1.29 is 4.79 Å². The fraction of sp³-hybridized carbons (Fsp3) is 0.923. The first kappa shape index (κ1) is 10.2. The lowest BCUT2D eigenvalue weighted by Gasteiger charge is -2.29. The van der Waals surface area contributed by atoms with Crippen LogP contribution < -0.4 is 0 Å². The van der Waals surface area contributed by atoms with Crippen LogP contribution in [0.3, 0.4) is 0 Å². The van der Waals surface area contributed by atoms with Crippen LogP contribution in [0.25, 0.3) is 0 Å². The molecule has 2 unspecified atom stereocenters. The van der Waals surface area contributed by atoms with Crippen LogP contribution in [0.4, 0.5) is 0 Å². The Labute approximate surface area is 87.3 Å². The van der Waals surface area contributed by atoms with Crippen molar-refractivity contribution in [2.45, 2.75) is 58.3 Å². The molecule has 0 aromatic heterocycles. The molecule has 0 radical (unpaired) electrons. The molecule has 2 atom stereocenters. The highest BCUT2D eigenvalue weighted by molar-refractivity contribution is 5.79. The first-order valence-electron chi connectivity index (χ1n) is 6.27. The zero-order valence-electron chi connectivity index (χ0n) is 9.30. The van der Waals surface area contributed by atoms with E-state index in [1.54, 1.807) is 0 Å². The zero-order valence-corrected chi connectivity index (χ0v) is 9.30. The van der Waals surface area contributed by atoms with Crippen LogP contribution in [-0.4, -0.2) is 5.78 Å². The molecule has 80 valence electrons. The van der Waals surface area contributed by atoms with Gasteiger partial charge in [0.1, 0.15) is 5.78 Å². The number of carbonyl (C=O) groups excluding carboxylic acids is 1. The molecule has 2 saturated carbocycles. The molecule has 0 heterocycles. The maximum atomic E-state index is 11.4. The maximum Gasteiger partial charge on any atom is 0.133 e. The van der Waals surface area contributed by atoms with E-state index in [1.807, 2.05) is 0 Å². The molecule has 2 aliphatic carbocycles. The van der Waals surface area contributed by atoms with E-state index in [1.165, 1.54) is 32.1 Å². The summed E-state index contributed by atoms with van der Waals surface area (Å²) in [5.41, 5.74) is 0. The Morgan fingerprint density at radius 3 is 2.64 bits per heavy atom. The van der Waals surface area contributed by atoms with Crippen LogP contribution in [-0.2, 0) is 4.79 Å². The number of ketones is 1. The number of Topliss-reactive ketones (excluding diaryl/α,β-unsaturated/α-hetero) is 1. The lowest BCUT2D eigenvalue weighted by atomic mass is 9.75. The number of hydrogen-bond acceptors (Lipinski definition) is 1. The van der Waals surface area contributed by atoms with E-state index < -0.39 is 0 Å². The minimum absolute atomic E-state index is 0.520. The van der Waals surface area contributed by atoms with Crippen LogP contribution in [0.5, 0.6) is 0 Å². The van der Waals surface area contributed by atoms with E-state index in [9.17, 15) is 4.79 Å². The van der Waals surface area contributed by atoms with E-state index in [0.29, 0.717) is 5.78 Å². The van der Waals surface area contributed by atoms with Gasteiger partial charge in [-0.15, -0.1) is 0 Å². The predicted molar refractivity (Wildman–Crippen MR) is 58.1 cm³/mol. The topological polar surface area (TPSA) is 17.1 Å². The summed E-state index contributed by atoms with van der Waals surface area (Å²) in [6, 6.07) is 0. The predicted octanol–water partition coefficient (Wildman–Crippen LogP) is 3.57. The monoisotopic (exact) mass is 194 g/mol. The number of carbonyl (C=O) groups is 1. The van der Waals surface area contributed by atoms with Gasteiger partial charge in [-0.3, -0.25) is 4.79 Å². The average Bonchev–Trinajstić information content (AvgIpc) is 2.64. The molecule has 0 bridgehead atoms. The Bertz CT molecular complexity index is 203. The Kier molecular flexibility index (Phi) is 3.25. The lowest BCUT2D eigenvalue weighted by molar-refractivity contribution is -0.122. The standard InChI is InChI=1S/C13H22O/c1-10-6-7-13(14)9-12(10)8-11-4-2-3-5-11/h10-12H,2-9H2,1H3. The van der Waals surface area contributed by atoms with Crippen molar-refractivity contribution in [1.82, 2.24) is 0 Å². The molecule has 14 heavy (non-hydrogen) atoms. The summed E-state index contributed by atoms with van der Waals surface area (Å²) in [5, 5.41) is 0. The molecule has 2 fully saturated rings. The summed E-state index contributed by atoms with van der Waals surface area (Å²) in [5.74, 6) is 2.99. The molecule has 1 heteroatoms. The summed E-state index contributed by atoms with van der Waals surface area (Å²) < 4.78 is 0. The molecule has 2 rings (SSSR count). The van der Waals surface area contributed by atoms with Crippen LogP contribution in [0.2, 0.25) is 0 Å². The van der Waals surface area contributed by atoms with Crippen LogP contribution >= 0.6 is 0 Å². The van der Waals surface area contributed by atoms with Gasteiger partial charge in [-0.2, -0.15) is 0 Å². The first-order valence-corrected chi connectivity index (χ1v) is 6.27. The molecule has 0 aliphatic heterocycles. The van der Waals surface area contributed by atoms with Gasteiger partial charge in [-0.25, -0.2) is 0 Å². The van der Waals surface area contributed by atoms with Gasteiger partial charge in [0.05, 0.1) is 0 Å². The molecule has 2 aliphatic rings. The zero-order chi connectivity index (χ0) is 9.97. The fourth-order valence-corrected chi connectivity index (χ4v) is 3.21. The fourth-order valence-electron chi connectivity index (χ4n) is 3.21. The Balaban J connectivity index is 1.84. The van der Waals surface area contributed by atoms with Crippen molar-refractivity contribution in [1.29, 1.82) is 0 Å². The van der Waals surface area contributed by atoms with Crippen molar-refractivity contribution in [2.24, 2.45) is 17.8 Å². The molecule has 1 nitrogen and oxygen atoms in total. The third kappa shape index (κ3) is 2.37. The second-order valence-electron chi connectivity index (χ2n) is 5.41. The number of rotatable bonds is 2. The van der Waals surface area contributed by atoms with Gasteiger partial charge < -0.3 is 0 Å². The lowest BCUT2D eigenvalue weighted by Crippen LogP contribution is -2.24. The van der Waals surface area contributed by atoms with Crippen molar-refractivity contribution in [3.63, 3.8) is 0 Å². The third-order valence-electron chi connectivity index (χ3n) is 4.28. The Morgan fingerprint density at radius 2 is 1.93 bits per heavy atom. The second kappa shape index (κ2) is 4.46. The van der Waals surface area contributed by atoms with Crippen LogP contribution in [0.15, 0.2) is 0 Å². The molecular formula is C13H22O. The van der Waals surface area contributed by atoms with Gasteiger partial charge in [0.25, 0.3) is 0 Å². The molecule has 0 aromatic rings. The molecule has 0 saturated heterocycles. The van der Waals surface area contributed by atoms with E-state index in [0.717, 1.165) is 37.0 Å². The quantitative estimate of drug-likeness (QED) is 0.656. The largest absolute Gasteiger partial charge is 0.300 e. The smallest absolute Gasteiger partial charge is 0.133 e. The van der Waals surface area contributed by atoms with E-state index in [2.05, 4.69) is 6.92 Å². The summed E-state index contributed by atoms with van der Waals surface area (Å²) in [7, 11) is 0. The Hall–Kier alpha value is -0.330. The van der Waals surface area contributed by atoms with E-state index in [-0.39, 0.29) is 0 Å². The minimum atomic E-state index is 0.520. The van der Waals surface area contributed by atoms with Crippen LogP contribution in [0.1, 0.15) is 58.3 Å². The Morgan fingerprint density at radius 1 is 1.21 bits per heavy atom. The summed E-state index contributed by atoms with van der Waals surface area (Å²) in [4.78, 5) is 11.4. The second-order valence-corrected chi connectivity index (χ2v) is 5.41. The number of hydrogen-bond donors (Lipinski definition) is 0.